The Bertz CT molecular complexity index is 674. The second kappa shape index (κ2) is 6.19. The van der Waals surface area contributed by atoms with Gasteiger partial charge in [-0.25, -0.2) is 0 Å². The number of thiophene rings is 1. The number of hydrogen-bond acceptors (Lipinski definition) is 1. The van der Waals surface area contributed by atoms with Crippen LogP contribution in [0.4, 0.5) is 0 Å². The first-order valence-corrected chi connectivity index (χ1v) is 8.83. The molecule has 1 heterocycles. The lowest BCUT2D eigenvalue weighted by Gasteiger charge is -2.27. The summed E-state index contributed by atoms with van der Waals surface area (Å²) in [5.41, 5.74) is 2.98. The van der Waals surface area contributed by atoms with Gasteiger partial charge in [0.1, 0.15) is 0 Å². The SMILES string of the molecule is C=C/C=C\c1c(C)sc2cccc(C3CCCC(C)C3)c12. The summed E-state index contributed by atoms with van der Waals surface area (Å²) in [5.74, 6) is 1.60. The van der Waals surface area contributed by atoms with Crippen LogP contribution in [0.1, 0.15) is 54.5 Å². The summed E-state index contributed by atoms with van der Waals surface area (Å²) in [7, 11) is 0. The molecule has 2 aromatic rings. The Kier molecular flexibility index (Phi) is 4.30. The third-order valence-electron chi connectivity index (χ3n) is 4.75. The van der Waals surface area contributed by atoms with E-state index < -0.39 is 0 Å². The molecule has 0 aliphatic heterocycles. The van der Waals surface area contributed by atoms with Crippen LogP contribution in [-0.2, 0) is 0 Å². The number of fused-ring (bicyclic) bond motifs is 1. The third-order valence-corrected chi connectivity index (χ3v) is 5.83. The Labute approximate surface area is 132 Å². The lowest BCUT2D eigenvalue weighted by molar-refractivity contribution is 0.345. The highest BCUT2D eigenvalue weighted by atomic mass is 32.1. The van der Waals surface area contributed by atoms with Gasteiger partial charge in [-0.05, 0) is 48.8 Å². The van der Waals surface area contributed by atoms with E-state index >= 15 is 0 Å². The van der Waals surface area contributed by atoms with Crippen molar-refractivity contribution in [2.24, 2.45) is 5.92 Å². The predicted octanol–water partition coefficient (Wildman–Crippen LogP) is 6.70. The molecule has 0 spiro atoms. The van der Waals surface area contributed by atoms with Gasteiger partial charge in [0, 0.05) is 15.0 Å². The lowest BCUT2D eigenvalue weighted by Crippen LogP contribution is -2.11. The van der Waals surface area contributed by atoms with E-state index in [1.165, 1.54) is 46.2 Å². The van der Waals surface area contributed by atoms with E-state index in [9.17, 15) is 0 Å². The van der Waals surface area contributed by atoms with Crippen molar-refractivity contribution < 1.29 is 0 Å². The van der Waals surface area contributed by atoms with Crippen molar-refractivity contribution in [3.8, 4) is 0 Å². The number of hydrogen-bond donors (Lipinski definition) is 0. The summed E-state index contributed by atoms with van der Waals surface area (Å²) in [4.78, 5) is 1.42. The first-order chi connectivity index (χ1) is 10.2. The Hall–Kier alpha value is -1.34. The fourth-order valence-electron chi connectivity index (χ4n) is 3.74. The van der Waals surface area contributed by atoms with Gasteiger partial charge in [0.2, 0.25) is 0 Å². The summed E-state index contributed by atoms with van der Waals surface area (Å²) < 4.78 is 1.44. The highest BCUT2D eigenvalue weighted by molar-refractivity contribution is 7.19. The zero-order chi connectivity index (χ0) is 14.8. The van der Waals surface area contributed by atoms with Crippen LogP contribution in [0.25, 0.3) is 16.2 Å². The van der Waals surface area contributed by atoms with Crippen molar-refractivity contribution in [1.29, 1.82) is 0 Å². The topological polar surface area (TPSA) is 0 Å². The summed E-state index contributed by atoms with van der Waals surface area (Å²) in [6.07, 6.45) is 11.6. The second-order valence-corrected chi connectivity index (χ2v) is 7.61. The molecule has 0 nitrogen and oxygen atoms in total. The monoisotopic (exact) mass is 296 g/mol. The van der Waals surface area contributed by atoms with Crippen LogP contribution in [0.5, 0.6) is 0 Å². The Morgan fingerprint density at radius 3 is 2.90 bits per heavy atom. The molecule has 0 N–H and O–H groups in total. The minimum atomic E-state index is 0.738. The van der Waals surface area contributed by atoms with Crippen LogP contribution < -0.4 is 0 Å². The van der Waals surface area contributed by atoms with Gasteiger partial charge in [0.15, 0.2) is 0 Å². The van der Waals surface area contributed by atoms with Gasteiger partial charge in [-0.1, -0.05) is 56.7 Å². The van der Waals surface area contributed by atoms with Crippen molar-refractivity contribution in [3.05, 3.63) is 52.9 Å². The molecule has 1 heteroatoms. The van der Waals surface area contributed by atoms with Crippen LogP contribution in [0.15, 0.2) is 36.9 Å². The Morgan fingerprint density at radius 1 is 1.29 bits per heavy atom. The van der Waals surface area contributed by atoms with Gasteiger partial charge in [0.25, 0.3) is 0 Å². The van der Waals surface area contributed by atoms with Crippen molar-refractivity contribution in [2.75, 3.05) is 0 Å². The summed E-state index contributed by atoms with van der Waals surface area (Å²) in [6.45, 7) is 8.45. The third kappa shape index (κ3) is 2.85. The van der Waals surface area contributed by atoms with E-state index in [0.717, 1.165) is 11.8 Å². The van der Waals surface area contributed by atoms with Crippen LogP contribution in [0.2, 0.25) is 0 Å². The predicted molar refractivity (Wildman–Crippen MR) is 96.2 cm³/mol. The molecular weight excluding hydrogens is 272 g/mol. The molecule has 0 amide bonds. The zero-order valence-corrected chi connectivity index (χ0v) is 13.9. The highest BCUT2D eigenvalue weighted by Gasteiger charge is 2.23. The average molecular weight is 296 g/mol. The molecular formula is C20H24S. The maximum absolute atomic E-state index is 3.81. The number of aryl methyl sites for hydroxylation is 1. The minimum absolute atomic E-state index is 0.738. The minimum Gasteiger partial charge on any atom is -0.140 e. The summed E-state index contributed by atoms with van der Waals surface area (Å²) in [5, 5.41) is 1.50. The number of allylic oxidation sites excluding steroid dienone is 2. The van der Waals surface area contributed by atoms with Gasteiger partial charge in [-0.2, -0.15) is 0 Å². The molecule has 21 heavy (non-hydrogen) atoms. The fraction of sp³-hybridized carbons (Fsp3) is 0.400. The summed E-state index contributed by atoms with van der Waals surface area (Å²) >= 11 is 1.92. The van der Waals surface area contributed by atoms with E-state index in [2.05, 4.69) is 50.8 Å². The Balaban J connectivity index is 2.13. The van der Waals surface area contributed by atoms with E-state index in [1.54, 1.807) is 5.56 Å². The molecule has 1 aromatic carbocycles. The van der Waals surface area contributed by atoms with E-state index in [4.69, 9.17) is 0 Å². The molecule has 0 saturated heterocycles. The van der Waals surface area contributed by atoms with Gasteiger partial charge in [-0.3, -0.25) is 0 Å². The lowest BCUT2D eigenvalue weighted by atomic mass is 9.77. The summed E-state index contributed by atoms with van der Waals surface area (Å²) in [6, 6.07) is 6.88. The van der Waals surface area contributed by atoms with Crippen LogP contribution in [-0.4, -0.2) is 0 Å². The maximum atomic E-state index is 3.81. The van der Waals surface area contributed by atoms with Crippen molar-refractivity contribution in [1.82, 2.24) is 0 Å². The molecule has 0 radical (unpaired) electrons. The first-order valence-electron chi connectivity index (χ1n) is 8.01. The van der Waals surface area contributed by atoms with Crippen molar-refractivity contribution in [3.63, 3.8) is 0 Å². The van der Waals surface area contributed by atoms with Gasteiger partial charge < -0.3 is 0 Å². The van der Waals surface area contributed by atoms with E-state index in [1.807, 2.05) is 17.4 Å². The van der Waals surface area contributed by atoms with Gasteiger partial charge >= 0.3 is 0 Å². The van der Waals surface area contributed by atoms with Crippen LogP contribution in [0, 0.1) is 12.8 Å². The maximum Gasteiger partial charge on any atom is 0.0354 e. The number of benzene rings is 1. The van der Waals surface area contributed by atoms with Crippen LogP contribution in [0.3, 0.4) is 0 Å². The van der Waals surface area contributed by atoms with E-state index in [0.29, 0.717) is 0 Å². The highest BCUT2D eigenvalue weighted by Crippen LogP contribution is 2.42. The molecule has 1 aromatic heterocycles. The standard InChI is InChI=1S/C20H24S/c1-4-5-10-17-15(3)21-19-12-7-11-18(20(17)19)16-9-6-8-14(2)13-16/h4-5,7,10-12,14,16H,1,6,8-9,13H2,2-3H3/b10-5-. The molecule has 1 aliphatic rings. The molecule has 0 bridgehead atoms. The molecule has 3 rings (SSSR count). The van der Waals surface area contributed by atoms with Crippen molar-refractivity contribution >= 4 is 27.5 Å². The molecule has 1 aliphatic carbocycles. The second-order valence-electron chi connectivity index (χ2n) is 6.36. The van der Waals surface area contributed by atoms with E-state index in [-0.39, 0.29) is 0 Å². The van der Waals surface area contributed by atoms with Crippen LogP contribution >= 0.6 is 11.3 Å². The fourth-order valence-corrected chi connectivity index (χ4v) is 4.83. The van der Waals surface area contributed by atoms with Gasteiger partial charge in [0.05, 0.1) is 0 Å². The smallest absolute Gasteiger partial charge is 0.0354 e. The quantitative estimate of drug-likeness (QED) is 0.553. The average Bonchev–Trinajstić information content (AvgIpc) is 2.80. The Morgan fingerprint density at radius 2 is 2.14 bits per heavy atom. The first kappa shape index (κ1) is 14.6. The van der Waals surface area contributed by atoms with Gasteiger partial charge in [-0.15, -0.1) is 11.3 Å². The van der Waals surface area contributed by atoms with Crippen molar-refractivity contribution in [2.45, 2.75) is 45.4 Å². The normalized spacial score (nSPS) is 23.0. The number of rotatable bonds is 3. The molecule has 2 atom stereocenters. The molecule has 110 valence electrons. The zero-order valence-electron chi connectivity index (χ0n) is 13.1. The molecule has 1 saturated carbocycles. The molecule has 2 unspecified atom stereocenters. The largest absolute Gasteiger partial charge is 0.140 e. The molecule has 1 fully saturated rings.